The summed E-state index contributed by atoms with van der Waals surface area (Å²) in [7, 11) is 0. The minimum absolute atomic E-state index is 0.101. The number of aryl methyl sites for hydroxylation is 1. The van der Waals surface area contributed by atoms with E-state index in [9.17, 15) is 4.79 Å². The van der Waals surface area contributed by atoms with Gasteiger partial charge in [0.2, 0.25) is 11.9 Å². The number of carbonyl (C=O) groups is 1. The molecule has 82 valence electrons. The van der Waals surface area contributed by atoms with Crippen LogP contribution < -0.4 is 11.1 Å². The topological polar surface area (TPSA) is 98.7 Å². The molecule has 7 nitrogen and oxygen atoms in total. The zero-order valence-electron chi connectivity index (χ0n) is 8.39. The SMILES string of the molecule is Nc1nnnn1CCCC(=O)NC1CC1. The highest BCUT2D eigenvalue weighted by atomic mass is 16.1. The van der Waals surface area contributed by atoms with Crippen molar-refractivity contribution in [3.8, 4) is 0 Å². The Balaban J connectivity index is 1.65. The molecule has 1 heterocycles. The molecular weight excluding hydrogens is 196 g/mol. The van der Waals surface area contributed by atoms with E-state index in [-0.39, 0.29) is 11.9 Å². The van der Waals surface area contributed by atoms with Gasteiger partial charge < -0.3 is 11.1 Å². The van der Waals surface area contributed by atoms with Crippen LogP contribution in [0.1, 0.15) is 25.7 Å². The van der Waals surface area contributed by atoms with Crippen molar-refractivity contribution in [3.05, 3.63) is 0 Å². The summed E-state index contributed by atoms with van der Waals surface area (Å²) in [6, 6.07) is 0.426. The van der Waals surface area contributed by atoms with Crippen molar-refractivity contribution in [1.29, 1.82) is 0 Å². The van der Waals surface area contributed by atoms with E-state index in [1.54, 1.807) is 0 Å². The number of nitrogens with two attached hydrogens (primary N) is 1. The second-order valence-electron chi connectivity index (χ2n) is 3.71. The normalized spacial score (nSPS) is 15.2. The molecule has 1 aliphatic rings. The minimum Gasteiger partial charge on any atom is -0.367 e. The van der Waals surface area contributed by atoms with E-state index in [2.05, 4.69) is 20.8 Å². The molecule has 0 saturated heterocycles. The Morgan fingerprint density at radius 1 is 1.60 bits per heavy atom. The molecule has 0 radical (unpaired) electrons. The van der Waals surface area contributed by atoms with Gasteiger partial charge in [0.05, 0.1) is 0 Å². The average Bonchev–Trinajstić information content (AvgIpc) is 2.91. The predicted molar refractivity (Wildman–Crippen MR) is 52.6 cm³/mol. The maximum atomic E-state index is 11.3. The van der Waals surface area contributed by atoms with Crippen molar-refractivity contribution in [1.82, 2.24) is 25.5 Å². The highest BCUT2D eigenvalue weighted by Gasteiger charge is 2.22. The highest BCUT2D eigenvalue weighted by molar-refractivity contribution is 5.76. The molecule has 0 aliphatic heterocycles. The Kier molecular flexibility index (Phi) is 2.79. The van der Waals surface area contributed by atoms with Crippen LogP contribution in [0.25, 0.3) is 0 Å². The molecule has 0 spiro atoms. The highest BCUT2D eigenvalue weighted by Crippen LogP contribution is 2.18. The molecule has 3 N–H and O–H groups in total. The number of rotatable bonds is 5. The summed E-state index contributed by atoms with van der Waals surface area (Å²) in [5.41, 5.74) is 5.47. The molecule has 1 aromatic rings. The maximum Gasteiger partial charge on any atom is 0.240 e. The van der Waals surface area contributed by atoms with Crippen LogP contribution in [-0.4, -0.2) is 32.2 Å². The molecule has 0 bridgehead atoms. The average molecular weight is 210 g/mol. The fourth-order valence-electron chi connectivity index (χ4n) is 1.29. The molecule has 7 heteroatoms. The number of amides is 1. The van der Waals surface area contributed by atoms with Gasteiger partial charge in [-0.15, -0.1) is 0 Å². The van der Waals surface area contributed by atoms with Crippen LogP contribution in [0.15, 0.2) is 0 Å². The molecule has 0 atom stereocenters. The Hall–Kier alpha value is -1.66. The number of carbonyl (C=O) groups excluding carboxylic acids is 1. The Bertz CT molecular complexity index is 345. The first kappa shape index (κ1) is 9.88. The summed E-state index contributed by atoms with van der Waals surface area (Å²) in [6.45, 7) is 0.580. The lowest BCUT2D eigenvalue weighted by Crippen LogP contribution is -2.25. The van der Waals surface area contributed by atoms with Crippen LogP contribution in [-0.2, 0) is 11.3 Å². The lowest BCUT2D eigenvalue weighted by Gasteiger charge is -2.03. The number of tetrazole rings is 1. The van der Waals surface area contributed by atoms with E-state index in [1.165, 1.54) is 4.68 Å². The number of nitrogens with zero attached hydrogens (tertiary/aromatic N) is 4. The fraction of sp³-hybridized carbons (Fsp3) is 0.750. The number of anilines is 1. The van der Waals surface area contributed by atoms with Crippen molar-refractivity contribution in [3.63, 3.8) is 0 Å². The van der Waals surface area contributed by atoms with Gasteiger partial charge in [0, 0.05) is 19.0 Å². The van der Waals surface area contributed by atoms with Gasteiger partial charge in [-0.25, -0.2) is 4.68 Å². The third kappa shape index (κ3) is 2.90. The summed E-state index contributed by atoms with van der Waals surface area (Å²) in [5.74, 6) is 0.391. The van der Waals surface area contributed by atoms with Gasteiger partial charge in [0.25, 0.3) is 0 Å². The van der Waals surface area contributed by atoms with Crippen molar-refractivity contribution < 1.29 is 4.79 Å². The van der Waals surface area contributed by atoms with E-state index < -0.39 is 0 Å². The maximum absolute atomic E-state index is 11.3. The Labute approximate surface area is 87.0 Å². The van der Waals surface area contributed by atoms with Gasteiger partial charge in [-0.05, 0) is 29.7 Å². The standard InChI is InChI=1S/C8H14N6O/c9-8-11-12-13-14(8)5-1-2-7(15)10-6-3-4-6/h6H,1-5H2,(H,10,15)(H2,9,11,13). The van der Waals surface area contributed by atoms with Crippen LogP contribution in [0.4, 0.5) is 5.95 Å². The molecular formula is C8H14N6O. The Morgan fingerprint density at radius 2 is 2.40 bits per heavy atom. The van der Waals surface area contributed by atoms with E-state index in [1.807, 2.05) is 0 Å². The summed E-state index contributed by atoms with van der Waals surface area (Å²) in [6.07, 6.45) is 3.43. The number of hydrogen-bond acceptors (Lipinski definition) is 5. The van der Waals surface area contributed by atoms with E-state index in [4.69, 9.17) is 5.73 Å². The number of nitrogen functional groups attached to an aromatic ring is 1. The van der Waals surface area contributed by atoms with Crippen molar-refractivity contribution >= 4 is 11.9 Å². The van der Waals surface area contributed by atoms with Crippen LogP contribution in [0, 0.1) is 0 Å². The molecule has 1 fully saturated rings. The second-order valence-corrected chi connectivity index (χ2v) is 3.71. The van der Waals surface area contributed by atoms with Crippen molar-refractivity contribution in [2.24, 2.45) is 0 Å². The lowest BCUT2D eigenvalue weighted by atomic mass is 10.3. The van der Waals surface area contributed by atoms with Gasteiger partial charge in [0.1, 0.15) is 0 Å². The quantitative estimate of drug-likeness (QED) is 0.670. The molecule has 0 unspecified atom stereocenters. The molecule has 2 rings (SSSR count). The zero-order chi connectivity index (χ0) is 10.7. The summed E-state index contributed by atoms with van der Waals surface area (Å²) >= 11 is 0. The summed E-state index contributed by atoms with van der Waals surface area (Å²) < 4.78 is 1.49. The monoisotopic (exact) mass is 210 g/mol. The predicted octanol–water partition coefficient (Wildman–Crippen LogP) is -0.686. The zero-order valence-corrected chi connectivity index (χ0v) is 8.39. The van der Waals surface area contributed by atoms with E-state index >= 15 is 0 Å². The largest absolute Gasteiger partial charge is 0.367 e. The van der Waals surface area contributed by atoms with Gasteiger partial charge in [0.15, 0.2) is 0 Å². The number of hydrogen-bond donors (Lipinski definition) is 2. The van der Waals surface area contributed by atoms with Crippen LogP contribution in [0.5, 0.6) is 0 Å². The van der Waals surface area contributed by atoms with E-state index in [0.29, 0.717) is 25.4 Å². The molecule has 1 saturated carbocycles. The van der Waals surface area contributed by atoms with Crippen LogP contribution in [0.2, 0.25) is 0 Å². The first-order valence-corrected chi connectivity index (χ1v) is 5.06. The molecule has 0 aromatic carbocycles. The minimum atomic E-state index is 0.101. The third-order valence-electron chi connectivity index (χ3n) is 2.28. The van der Waals surface area contributed by atoms with Crippen molar-refractivity contribution in [2.75, 3.05) is 5.73 Å². The second kappa shape index (κ2) is 4.24. The molecule has 15 heavy (non-hydrogen) atoms. The third-order valence-corrected chi connectivity index (χ3v) is 2.28. The Morgan fingerprint density at radius 3 is 3.00 bits per heavy atom. The first-order valence-electron chi connectivity index (χ1n) is 5.06. The summed E-state index contributed by atoms with van der Waals surface area (Å²) in [5, 5.41) is 13.6. The summed E-state index contributed by atoms with van der Waals surface area (Å²) in [4.78, 5) is 11.3. The van der Waals surface area contributed by atoms with Gasteiger partial charge in [-0.1, -0.05) is 5.10 Å². The van der Waals surface area contributed by atoms with E-state index in [0.717, 1.165) is 12.8 Å². The van der Waals surface area contributed by atoms with Crippen molar-refractivity contribution in [2.45, 2.75) is 38.3 Å². The number of aromatic nitrogens is 4. The van der Waals surface area contributed by atoms with Gasteiger partial charge in [-0.2, -0.15) is 0 Å². The lowest BCUT2D eigenvalue weighted by molar-refractivity contribution is -0.121. The smallest absolute Gasteiger partial charge is 0.240 e. The fourth-order valence-corrected chi connectivity index (χ4v) is 1.29. The van der Waals surface area contributed by atoms with Gasteiger partial charge >= 0.3 is 0 Å². The first-order chi connectivity index (χ1) is 7.25. The van der Waals surface area contributed by atoms with Crippen LogP contribution in [0.3, 0.4) is 0 Å². The molecule has 1 aliphatic carbocycles. The van der Waals surface area contributed by atoms with Crippen LogP contribution >= 0.6 is 0 Å². The number of nitrogens with one attached hydrogen (secondary N) is 1. The van der Waals surface area contributed by atoms with Gasteiger partial charge in [-0.3, -0.25) is 4.79 Å². The molecule has 1 amide bonds. The molecule has 1 aromatic heterocycles.